The molecule has 0 aliphatic carbocycles. The number of halogens is 2. The standard InChI is InChI=1S/C19H19BrFNO/c20-17-12-14(6-7-18(17)21)13-19(23)22-10-8-16(9-11-22)15-4-2-1-3-5-15/h1-7,12,16H,8-11,13H2. The first-order valence-corrected chi connectivity index (χ1v) is 8.69. The summed E-state index contributed by atoms with van der Waals surface area (Å²) < 4.78 is 13.7. The third-order valence-electron chi connectivity index (χ3n) is 4.46. The second-order valence-corrected chi connectivity index (χ2v) is 6.85. The van der Waals surface area contributed by atoms with Gasteiger partial charge in [0.2, 0.25) is 5.91 Å². The first-order valence-electron chi connectivity index (χ1n) is 7.90. The minimum absolute atomic E-state index is 0.120. The zero-order valence-electron chi connectivity index (χ0n) is 12.8. The highest BCUT2D eigenvalue weighted by Gasteiger charge is 2.23. The van der Waals surface area contributed by atoms with E-state index in [-0.39, 0.29) is 11.7 Å². The van der Waals surface area contributed by atoms with E-state index < -0.39 is 0 Å². The smallest absolute Gasteiger partial charge is 0.226 e. The Hall–Kier alpha value is -1.68. The van der Waals surface area contributed by atoms with E-state index in [9.17, 15) is 9.18 Å². The van der Waals surface area contributed by atoms with Crippen molar-refractivity contribution in [3.63, 3.8) is 0 Å². The molecule has 0 aromatic heterocycles. The molecule has 120 valence electrons. The van der Waals surface area contributed by atoms with Crippen LogP contribution >= 0.6 is 15.9 Å². The second kappa shape index (κ2) is 7.26. The molecule has 2 aromatic carbocycles. The van der Waals surface area contributed by atoms with Crippen molar-refractivity contribution in [1.82, 2.24) is 4.90 Å². The molecule has 0 saturated carbocycles. The summed E-state index contributed by atoms with van der Waals surface area (Å²) in [5, 5.41) is 0. The van der Waals surface area contributed by atoms with Crippen molar-refractivity contribution in [2.45, 2.75) is 25.2 Å². The van der Waals surface area contributed by atoms with E-state index in [0.29, 0.717) is 16.8 Å². The van der Waals surface area contributed by atoms with Crippen LogP contribution in [0.1, 0.15) is 29.9 Å². The highest BCUT2D eigenvalue weighted by molar-refractivity contribution is 9.10. The van der Waals surface area contributed by atoms with Gasteiger partial charge in [-0.25, -0.2) is 4.39 Å². The van der Waals surface area contributed by atoms with Gasteiger partial charge in [-0.3, -0.25) is 4.79 Å². The molecule has 0 atom stereocenters. The predicted molar refractivity (Wildman–Crippen MR) is 92.8 cm³/mol. The molecule has 0 radical (unpaired) electrons. The van der Waals surface area contributed by atoms with E-state index in [2.05, 4.69) is 40.2 Å². The van der Waals surface area contributed by atoms with Gasteiger partial charge in [0.05, 0.1) is 10.9 Å². The van der Waals surface area contributed by atoms with Gasteiger partial charge in [-0.05, 0) is 57.9 Å². The summed E-state index contributed by atoms with van der Waals surface area (Å²) in [4.78, 5) is 14.4. The molecule has 1 amide bonds. The first-order chi connectivity index (χ1) is 11.1. The Kier molecular flexibility index (Phi) is 5.11. The van der Waals surface area contributed by atoms with Gasteiger partial charge in [0.1, 0.15) is 5.82 Å². The SMILES string of the molecule is O=C(Cc1ccc(F)c(Br)c1)N1CCC(c2ccccc2)CC1. The van der Waals surface area contributed by atoms with Crippen LogP contribution in [0.4, 0.5) is 4.39 Å². The van der Waals surface area contributed by atoms with Crippen LogP contribution in [0.3, 0.4) is 0 Å². The van der Waals surface area contributed by atoms with Crippen LogP contribution in [0.5, 0.6) is 0 Å². The Morgan fingerprint density at radius 3 is 2.48 bits per heavy atom. The summed E-state index contributed by atoms with van der Waals surface area (Å²) in [7, 11) is 0. The second-order valence-electron chi connectivity index (χ2n) is 5.99. The van der Waals surface area contributed by atoms with E-state index in [1.165, 1.54) is 11.6 Å². The number of hydrogen-bond donors (Lipinski definition) is 0. The summed E-state index contributed by atoms with van der Waals surface area (Å²) in [6.07, 6.45) is 2.33. The van der Waals surface area contributed by atoms with Crippen LogP contribution in [0.2, 0.25) is 0 Å². The molecule has 1 fully saturated rings. The zero-order chi connectivity index (χ0) is 16.2. The van der Waals surface area contributed by atoms with Crippen LogP contribution in [0, 0.1) is 5.82 Å². The summed E-state index contributed by atoms with van der Waals surface area (Å²) in [5.41, 5.74) is 2.20. The van der Waals surface area contributed by atoms with Crippen molar-refractivity contribution in [3.8, 4) is 0 Å². The lowest BCUT2D eigenvalue weighted by atomic mass is 9.89. The lowest BCUT2D eigenvalue weighted by molar-refractivity contribution is -0.131. The van der Waals surface area contributed by atoms with Gasteiger partial charge in [-0.2, -0.15) is 0 Å². The van der Waals surface area contributed by atoms with Crippen LogP contribution < -0.4 is 0 Å². The average molecular weight is 376 g/mol. The number of likely N-dealkylation sites (tertiary alicyclic amines) is 1. The Morgan fingerprint density at radius 2 is 1.83 bits per heavy atom. The first kappa shape index (κ1) is 16.2. The molecule has 0 unspecified atom stereocenters. The number of nitrogens with zero attached hydrogens (tertiary/aromatic N) is 1. The number of piperidine rings is 1. The fourth-order valence-electron chi connectivity index (χ4n) is 3.12. The van der Waals surface area contributed by atoms with Gasteiger partial charge in [-0.1, -0.05) is 36.4 Å². The number of carbonyl (C=O) groups is 1. The maximum Gasteiger partial charge on any atom is 0.226 e. The highest BCUT2D eigenvalue weighted by Crippen LogP contribution is 2.28. The average Bonchev–Trinajstić information content (AvgIpc) is 2.59. The minimum Gasteiger partial charge on any atom is -0.342 e. The highest BCUT2D eigenvalue weighted by atomic mass is 79.9. The van der Waals surface area contributed by atoms with E-state index in [1.807, 2.05) is 11.0 Å². The molecule has 1 aliphatic heterocycles. The number of carbonyl (C=O) groups excluding carboxylic acids is 1. The summed E-state index contributed by atoms with van der Waals surface area (Å²) in [6.45, 7) is 1.58. The van der Waals surface area contributed by atoms with E-state index in [0.717, 1.165) is 31.5 Å². The van der Waals surface area contributed by atoms with Crippen molar-refractivity contribution >= 4 is 21.8 Å². The van der Waals surface area contributed by atoms with Crippen LogP contribution in [0.25, 0.3) is 0 Å². The lowest BCUT2D eigenvalue weighted by Crippen LogP contribution is -2.38. The fourth-order valence-corrected chi connectivity index (χ4v) is 3.55. The Balaban J connectivity index is 1.57. The number of rotatable bonds is 3. The Morgan fingerprint density at radius 1 is 1.13 bits per heavy atom. The molecule has 2 nitrogen and oxygen atoms in total. The molecule has 0 bridgehead atoms. The van der Waals surface area contributed by atoms with E-state index in [1.54, 1.807) is 12.1 Å². The zero-order valence-corrected chi connectivity index (χ0v) is 14.4. The maximum atomic E-state index is 13.3. The topological polar surface area (TPSA) is 20.3 Å². The summed E-state index contributed by atoms with van der Waals surface area (Å²) in [6, 6.07) is 15.3. The van der Waals surface area contributed by atoms with Gasteiger partial charge in [0.25, 0.3) is 0 Å². The van der Waals surface area contributed by atoms with Crippen molar-refractivity contribution in [3.05, 3.63) is 69.9 Å². The summed E-state index contributed by atoms with van der Waals surface area (Å²) in [5.74, 6) is 0.361. The molecule has 1 aliphatic rings. The number of amides is 1. The quantitative estimate of drug-likeness (QED) is 0.771. The van der Waals surface area contributed by atoms with E-state index in [4.69, 9.17) is 0 Å². The molecule has 1 heterocycles. The third kappa shape index (κ3) is 3.99. The third-order valence-corrected chi connectivity index (χ3v) is 5.07. The maximum absolute atomic E-state index is 13.3. The monoisotopic (exact) mass is 375 g/mol. The normalized spacial score (nSPS) is 15.7. The van der Waals surface area contributed by atoms with Gasteiger partial charge < -0.3 is 4.90 Å². The minimum atomic E-state index is -0.301. The van der Waals surface area contributed by atoms with Gasteiger partial charge >= 0.3 is 0 Å². The van der Waals surface area contributed by atoms with E-state index >= 15 is 0 Å². The van der Waals surface area contributed by atoms with Crippen LogP contribution in [-0.2, 0) is 11.2 Å². The molecule has 0 N–H and O–H groups in total. The summed E-state index contributed by atoms with van der Waals surface area (Å²) >= 11 is 3.17. The van der Waals surface area contributed by atoms with Crippen molar-refractivity contribution < 1.29 is 9.18 Å². The molecule has 2 aromatic rings. The van der Waals surface area contributed by atoms with Gasteiger partial charge in [0, 0.05) is 13.1 Å². The molecule has 23 heavy (non-hydrogen) atoms. The van der Waals surface area contributed by atoms with Gasteiger partial charge in [0.15, 0.2) is 0 Å². The van der Waals surface area contributed by atoms with Crippen molar-refractivity contribution in [2.24, 2.45) is 0 Å². The molecular weight excluding hydrogens is 357 g/mol. The van der Waals surface area contributed by atoms with Gasteiger partial charge in [-0.15, -0.1) is 0 Å². The molecule has 4 heteroatoms. The van der Waals surface area contributed by atoms with Crippen molar-refractivity contribution in [2.75, 3.05) is 13.1 Å². The number of benzene rings is 2. The molecular formula is C19H19BrFNO. The van der Waals surface area contributed by atoms with Crippen LogP contribution in [0.15, 0.2) is 53.0 Å². The predicted octanol–water partition coefficient (Wildman–Crippen LogP) is 4.54. The fraction of sp³-hybridized carbons (Fsp3) is 0.316. The van der Waals surface area contributed by atoms with Crippen molar-refractivity contribution in [1.29, 1.82) is 0 Å². The Bertz CT molecular complexity index is 681. The largest absolute Gasteiger partial charge is 0.342 e. The lowest BCUT2D eigenvalue weighted by Gasteiger charge is -2.32. The molecule has 1 saturated heterocycles. The van der Waals surface area contributed by atoms with Crippen LogP contribution in [-0.4, -0.2) is 23.9 Å². The molecule has 3 rings (SSSR count). The molecule has 0 spiro atoms. The Labute approximate surface area is 144 Å². The number of hydrogen-bond acceptors (Lipinski definition) is 1.